The van der Waals surface area contributed by atoms with Crippen LogP contribution in [0.3, 0.4) is 0 Å². The number of rotatable bonds is 11. The zero-order valence-electron chi connectivity index (χ0n) is 17.9. The first-order valence-electron chi connectivity index (χ1n) is 10.6. The number of thioether (sulfide) groups is 1. The predicted octanol–water partition coefficient (Wildman–Crippen LogP) is 3.46. The molecule has 0 aliphatic carbocycles. The van der Waals surface area contributed by atoms with Crippen molar-refractivity contribution in [1.29, 1.82) is 0 Å². The third-order valence-electron chi connectivity index (χ3n) is 5.26. The summed E-state index contributed by atoms with van der Waals surface area (Å²) in [7, 11) is -1.94. The van der Waals surface area contributed by atoms with E-state index >= 15 is 0 Å². The Labute approximate surface area is 189 Å². The van der Waals surface area contributed by atoms with Crippen molar-refractivity contribution in [2.75, 3.05) is 32.5 Å². The first-order valence-corrected chi connectivity index (χ1v) is 13.2. The number of hydrogen-bond acceptors (Lipinski definition) is 5. The summed E-state index contributed by atoms with van der Waals surface area (Å²) >= 11 is 1.78. The van der Waals surface area contributed by atoms with Crippen molar-refractivity contribution in [2.45, 2.75) is 36.3 Å². The normalized spacial score (nSPS) is 14.5. The van der Waals surface area contributed by atoms with Crippen LogP contribution in [0.2, 0.25) is 0 Å². The monoisotopic (exact) mass is 462 g/mol. The highest BCUT2D eigenvalue weighted by molar-refractivity contribution is 7.98. The summed E-state index contributed by atoms with van der Waals surface area (Å²) in [6, 6.07) is 15.1. The molecule has 1 amide bonds. The van der Waals surface area contributed by atoms with Gasteiger partial charge >= 0.3 is 0 Å². The van der Waals surface area contributed by atoms with Crippen molar-refractivity contribution >= 4 is 27.7 Å². The predicted molar refractivity (Wildman–Crippen MR) is 125 cm³/mol. The average Bonchev–Trinajstić information content (AvgIpc) is 3.34. The minimum atomic E-state index is -3.49. The molecule has 0 radical (unpaired) electrons. The summed E-state index contributed by atoms with van der Waals surface area (Å²) in [6.45, 7) is 1.74. The lowest BCUT2D eigenvalue weighted by Crippen LogP contribution is -2.28. The molecule has 0 unspecified atom stereocenters. The van der Waals surface area contributed by atoms with E-state index in [9.17, 15) is 13.2 Å². The highest BCUT2D eigenvalue weighted by Crippen LogP contribution is 2.27. The van der Waals surface area contributed by atoms with Gasteiger partial charge in [-0.1, -0.05) is 30.3 Å². The first-order chi connectivity index (χ1) is 15.0. The standard InChI is InChI=1S/C23H30N2O4S2/c1-29-22-11-10-21(31(27,28)25-14-5-6-15-25)17-20(22)9-12-23(26)24-13-16-30-18-19-7-3-2-4-8-19/h2-4,7-8,10-11,17H,5-6,9,12-16,18H2,1H3,(H,24,26). The number of nitrogens with zero attached hydrogens (tertiary/aromatic N) is 1. The Morgan fingerprint density at radius 3 is 2.58 bits per heavy atom. The lowest BCUT2D eigenvalue weighted by molar-refractivity contribution is -0.120. The molecule has 1 saturated heterocycles. The molecular formula is C23H30N2O4S2. The lowest BCUT2D eigenvalue weighted by Gasteiger charge is -2.17. The van der Waals surface area contributed by atoms with Crippen molar-refractivity contribution in [2.24, 2.45) is 0 Å². The highest BCUT2D eigenvalue weighted by Gasteiger charge is 2.27. The number of carbonyl (C=O) groups is 1. The van der Waals surface area contributed by atoms with Crippen LogP contribution in [-0.4, -0.2) is 51.1 Å². The fourth-order valence-electron chi connectivity index (χ4n) is 3.55. The van der Waals surface area contributed by atoms with Crippen molar-refractivity contribution < 1.29 is 17.9 Å². The molecule has 168 valence electrons. The molecule has 31 heavy (non-hydrogen) atoms. The average molecular weight is 463 g/mol. The molecule has 2 aromatic rings. The first kappa shape index (κ1) is 23.6. The molecule has 8 heteroatoms. The molecule has 1 aliphatic heterocycles. The second-order valence-electron chi connectivity index (χ2n) is 7.47. The maximum atomic E-state index is 12.8. The molecule has 1 aliphatic rings. The van der Waals surface area contributed by atoms with Crippen LogP contribution >= 0.6 is 11.8 Å². The van der Waals surface area contributed by atoms with Crippen LogP contribution in [0.15, 0.2) is 53.4 Å². The van der Waals surface area contributed by atoms with Crippen molar-refractivity contribution in [1.82, 2.24) is 9.62 Å². The van der Waals surface area contributed by atoms with Crippen LogP contribution in [0, 0.1) is 0 Å². The number of hydrogen-bond donors (Lipinski definition) is 1. The van der Waals surface area contributed by atoms with Crippen LogP contribution in [0.1, 0.15) is 30.4 Å². The maximum Gasteiger partial charge on any atom is 0.243 e. The molecule has 0 saturated carbocycles. The van der Waals surface area contributed by atoms with E-state index in [4.69, 9.17) is 4.74 Å². The van der Waals surface area contributed by atoms with Gasteiger partial charge in [0.05, 0.1) is 12.0 Å². The van der Waals surface area contributed by atoms with E-state index in [0.717, 1.165) is 29.9 Å². The SMILES string of the molecule is COc1ccc(S(=O)(=O)N2CCCC2)cc1CCC(=O)NCCSCc1ccccc1. The smallest absolute Gasteiger partial charge is 0.243 e. The van der Waals surface area contributed by atoms with Crippen LogP contribution in [0.25, 0.3) is 0 Å². The number of methoxy groups -OCH3 is 1. The van der Waals surface area contributed by atoms with E-state index in [2.05, 4.69) is 17.4 Å². The van der Waals surface area contributed by atoms with E-state index in [1.54, 1.807) is 37.1 Å². The van der Waals surface area contributed by atoms with Crippen molar-refractivity contribution in [3.8, 4) is 5.75 Å². The molecule has 0 bridgehead atoms. The molecule has 3 rings (SSSR count). The van der Waals surface area contributed by atoms with E-state index in [-0.39, 0.29) is 17.2 Å². The quantitative estimate of drug-likeness (QED) is 0.518. The van der Waals surface area contributed by atoms with Crippen LogP contribution in [-0.2, 0) is 27.0 Å². The molecule has 0 spiro atoms. The summed E-state index contributed by atoms with van der Waals surface area (Å²) in [5.74, 6) is 2.32. The molecule has 6 nitrogen and oxygen atoms in total. The number of amides is 1. The van der Waals surface area contributed by atoms with Gasteiger partial charge in [0.15, 0.2) is 0 Å². The second kappa shape index (κ2) is 11.5. The Morgan fingerprint density at radius 1 is 1.13 bits per heavy atom. The Balaban J connectivity index is 1.48. The summed E-state index contributed by atoms with van der Waals surface area (Å²) in [5.41, 5.74) is 2.01. The van der Waals surface area contributed by atoms with Gasteiger partial charge in [-0.2, -0.15) is 16.1 Å². The fraction of sp³-hybridized carbons (Fsp3) is 0.435. The van der Waals surface area contributed by atoms with Gasteiger partial charge in [0.25, 0.3) is 0 Å². The van der Waals surface area contributed by atoms with Crippen molar-refractivity contribution in [3.63, 3.8) is 0 Å². The minimum Gasteiger partial charge on any atom is -0.496 e. The van der Waals surface area contributed by atoms with Gasteiger partial charge in [0.2, 0.25) is 15.9 Å². The molecule has 1 heterocycles. The zero-order valence-corrected chi connectivity index (χ0v) is 19.5. The van der Waals surface area contributed by atoms with Crippen LogP contribution < -0.4 is 10.1 Å². The molecule has 1 fully saturated rings. The van der Waals surface area contributed by atoms with Gasteiger partial charge in [-0.15, -0.1) is 0 Å². The van der Waals surface area contributed by atoms with E-state index in [1.807, 2.05) is 18.2 Å². The number of sulfonamides is 1. The molecular weight excluding hydrogens is 432 g/mol. The van der Waals surface area contributed by atoms with E-state index < -0.39 is 10.0 Å². The molecule has 0 aromatic heterocycles. The van der Waals surface area contributed by atoms with Crippen molar-refractivity contribution in [3.05, 3.63) is 59.7 Å². The molecule has 0 atom stereocenters. The number of carbonyl (C=O) groups excluding carboxylic acids is 1. The third-order valence-corrected chi connectivity index (χ3v) is 8.18. The summed E-state index contributed by atoms with van der Waals surface area (Å²) in [4.78, 5) is 12.5. The Kier molecular flexibility index (Phi) is 8.80. The Hall–Kier alpha value is -2.03. The molecule has 2 aromatic carbocycles. The molecule has 1 N–H and O–H groups in total. The Bertz CT molecular complexity index is 959. The minimum absolute atomic E-state index is 0.0461. The highest BCUT2D eigenvalue weighted by atomic mass is 32.2. The van der Waals surface area contributed by atoms with Gasteiger partial charge in [-0.25, -0.2) is 8.42 Å². The van der Waals surface area contributed by atoms with Gasteiger partial charge in [-0.05, 0) is 48.6 Å². The zero-order chi connectivity index (χ0) is 22.1. The summed E-state index contributed by atoms with van der Waals surface area (Å²) in [6.07, 6.45) is 2.50. The topological polar surface area (TPSA) is 75.7 Å². The van der Waals surface area contributed by atoms with Crippen LogP contribution in [0.5, 0.6) is 5.75 Å². The van der Waals surface area contributed by atoms with Gasteiger partial charge in [-0.3, -0.25) is 4.79 Å². The summed E-state index contributed by atoms with van der Waals surface area (Å²) < 4.78 is 32.6. The van der Waals surface area contributed by atoms with E-state index in [1.165, 1.54) is 9.87 Å². The number of aryl methyl sites for hydroxylation is 1. The largest absolute Gasteiger partial charge is 0.496 e. The maximum absolute atomic E-state index is 12.8. The lowest BCUT2D eigenvalue weighted by atomic mass is 10.1. The number of ether oxygens (including phenoxy) is 1. The fourth-order valence-corrected chi connectivity index (χ4v) is 5.94. The third kappa shape index (κ3) is 6.72. The van der Waals surface area contributed by atoms with Crippen LogP contribution in [0.4, 0.5) is 0 Å². The summed E-state index contributed by atoms with van der Waals surface area (Å²) in [5, 5.41) is 2.94. The Morgan fingerprint density at radius 2 is 1.87 bits per heavy atom. The van der Waals surface area contributed by atoms with Gasteiger partial charge in [0.1, 0.15) is 5.75 Å². The number of nitrogens with one attached hydrogen (secondary N) is 1. The van der Waals surface area contributed by atoms with Gasteiger partial charge in [0, 0.05) is 37.6 Å². The van der Waals surface area contributed by atoms with Gasteiger partial charge < -0.3 is 10.1 Å². The number of benzene rings is 2. The second-order valence-corrected chi connectivity index (χ2v) is 10.5. The van der Waals surface area contributed by atoms with E-state index in [0.29, 0.717) is 31.8 Å².